The van der Waals surface area contributed by atoms with Gasteiger partial charge in [-0.25, -0.2) is 0 Å². The topological polar surface area (TPSA) is 99.4 Å². The molecule has 0 bridgehead atoms. The number of aliphatic hydroxyl groups is 4. The third kappa shape index (κ3) is 2.66. The normalized spacial score (nSPS) is 41.1. The van der Waals surface area contributed by atoms with Gasteiger partial charge < -0.3 is 29.9 Å². The zero-order valence-electron chi connectivity index (χ0n) is 7.98. The number of aliphatic hydroxyl groups excluding tert-OH is 4. The maximum absolute atomic E-state index is 9.44. The second-order valence-corrected chi connectivity index (χ2v) is 3.21. The second kappa shape index (κ2) is 5.42. The SMILES string of the molecule is C#CCO[C@@H]1OC(CO)[C@@H](O)C(O)C1O. The highest BCUT2D eigenvalue weighted by atomic mass is 16.7. The first-order chi connectivity index (χ1) is 7.11. The highest BCUT2D eigenvalue weighted by Crippen LogP contribution is 2.21. The van der Waals surface area contributed by atoms with Gasteiger partial charge in [0.1, 0.15) is 31.0 Å². The van der Waals surface area contributed by atoms with Crippen molar-refractivity contribution in [3.05, 3.63) is 0 Å². The lowest BCUT2D eigenvalue weighted by Crippen LogP contribution is -2.59. The van der Waals surface area contributed by atoms with Crippen LogP contribution in [0.4, 0.5) is 0 Å². The Morgan fingerprint density at radius 3 is 2.40 bits per heavy atom. The molecule has 6 heteroatoms. The molecule has 0 amide bonds. The molecule has 4 N–H and O–H groups in total. The monoisotopic (exact) mass is 218 g/mol. The van der Waals surface area contributed by atoms with E-state index in [0.29, 0.717) is 0 Å². The molecule has 0 spiro atoms. The van der Waals surface area contributed by atoms with Gasteiger partial charge in [-0.1, -0.05) is 5.92 Å². The molecule has 1 fully saturated rings. The zero-order chi connectivity index (χ0) is 11.4. The smallest absolute Gasteiger partial charge is 0.187 e. The van der Waals surface area contributed by atoms with Crippen LogP contribution in [0.15, 0.2) is 0 Å². The van der Waals surface area contributed by atoms with Crippen LogP contribution in [0.1, 0.15) is 0 Å². The molecule has 3 unspecified atom stereocenters. The van der Waals surface area contributed by atoms with Crippen molar-refractivity contribution in [2.24, 2.45) is 0 Å². The Morgan fingerprint density at radius 1 is 1.20 bits per heavy atom. The summed E-state index contributed by atoms with van der Waals surface area (Å²) in [5.74, 6) is 2.17. The van der Waals surface area contributed by atoms with Gasteiger partial charge in [0.05, 0.1) is 6.61 Å². The van der Waals surface area contributed by atoms with Crippen molar-refractivity contribution in [3.8, 4) is 12.3 Å². The number of terminal acetylenes is 1. The first-order valence-electron chi connectivity index (χ1n) is 4.47. The maximum atomic E-state index is 9.44. The van der Waals surface area contributed by atoms with Gasteiger partial charge in [0, 0.05) is 0 Å². The Hall–Kier alpha value is -0.680. The van der Waals surface area contributed by atoms with Gasteiger partial charge in [-0.15, -0.1) is 6.42 Å². The molecule has 5 atom stereocenters. The predicted octanol–water partition coefficient (Wildman–Crippen LogP) is -2.56. The summed E-state index contributed by atoms with van der Waals surface area (Å²) in [6.45, 7) is -0.580. The molecule has 1 rings (SSSR count). The van der Waals surface area contributed by atoms with E-state index in [1.165, 1.54) is 0 Å². The first kappa shape index (κ1) is 12.4. The molecule has 1 aliphatic rings. The molecule has 0 saturated carbocycles. The van der Waals surface area contributed by atoms with Crippen molar-refractivity contribution in [2.75, 3.05) is 13.2 Å². The highest BCUT2D eigenvalue weighted by molar-refractivity contribution is 4.90. The van der Waals surface area contributed by atoms with Crippen molar-refractivity contribution in [1.29, 1.82) is 0 Å². The van der Waals surface area contributed by atoms with Crippen molar-refractivity contribution in [2.45, 2.75) is 30.7 Å². The van der Waals surface area contributed by atoms with Crippen LogP contribution in [0, 0.1) is 12.3 Å². The van der Waals surface area contributed by atoms with E-state index >= 15 is 0 Å². The molecule has 6 nitrogen and oxygen atoms in total. The Balaban J connectivity index is 2.62. The van der Waals surface area contributed by atoms with Crippen LogP contribution in [0.25, 0.3) is 0 Å². The summed E-state index contributed by atoms with van der Waals surface area (Å²) in [5, 5.41) is 37.0. The van der Waals surface area contributed by atoms with Gasteiger partial charge in [0.15, 0.2) is 6.29 Å². The lowest BCUT2D eigenvalue weighted by molar-refractivity contribution is -0.298. The largest absolute Gasteiger partial charge is 0.394 e. The number of rotatable bonds is 3. The van der Waals surface area contributed by atoms with Crippen molar-refractivity contribution in [1.82, 2.24) is 0 Å². The fourth-order valence-corrected chi connectivity index (χ4v) is 1.34. The van der Waals surface area contributed by atoms with Crippen LogP contribution in [-0.2, 0) is 9.47 Å². The van der Waals surface area contributed by atoms with E-state index in [9.17, 15) is 15.3 Å². The molecule has 15 heavy (non-hydrogen) atoms. The van der Waals surface area contributed by atoms with Crippen LogP contribution in [-0.4, -0.2) is 64.3 Å². The second-order valence-electron chi connectivity index (χ2n) is 3.21. The minimum Gasteiger partial charge on any atom is -0.394 e. The van der Waals surface area contributed by atoms with E-state index < -0.39 is 37.3 Å². The summed E-state index contributed by atoms with van der Waals surface area (Å²) in [5.41, 5.74) is 0. The Bertz CT molecular complexity index is 235. The minimum absolute atomic E-state index is 0.0946. The molecular weight excluding hydrogens is 204 g/mol. The molecule has 1 aliphatic heterocycles. The molecule has 0 aliphatic carbocycles. The number of hydrogen-bond acceptors (Lipinski definition) is 6. The molecule has 0 aromatic rings. The summed E-state index contributed by atoms with van der Waals surface area (Å²) >= 11 is 0. The van der Waals surface area contributed by atoms with Crippen LogP contribution in [0.2, 0.25) is 0 Å². The molecular formula is C9H14O6. The summed E-state index contributed by atoms with van der Waals surface area (Å²) in [6.07, 6.45) is -1.36. The van der Waals surface area contributed by atoms with Gasteiger partial charge in [-0.2, -0.15) is 0 Å². The summed E-state index contributed by atoms with van der Waals surface area (Å²) in [7, 11) is 0. The van der Waals surface area contributed by atoms with Gasteiger partial charge in [0.2, 0.25) is 0 Å². The van der Waals surface area contributed by atoms with E-state index in [1.807, 2.05) is 0 Å². The first-order valence-corrected chi connectivity index (χ1v) is 4.47. The molecule has 0 radical (unpaired) electrons. The van der Waals surface area contributed by atoms with E-state index in [0.717, 1.165) is 0 Å². The number of hydrogen-bond donors (Lipinski definition) is 4. The standard InChI is InChI=1S/C9H14O6/c1-2-3-14-9-8(13)7(12)6(11)5(4-10)15-9/h1,5-13H,3-4H2/t5?,6-,7?,8?,9-/m1/s1. The third-order valence-corrected chi connectivity index (χ3v) is 2.18. The fraction of sp³-hybridized carbons (Fsp3) is 0.778. The lowest BCUT2D eigenvalue weighted by Gasteiger charge is -2.39. The summed E-state index contributed by atoms with van der Waals surface area (Å²) in [4.78, 5) is 0. The van der Waals surface area contributed by atoms with Crippen LogP contribution in [0.5, 0.6) is 0 Å². The lowest BCUT2D eigenvalue weighted by atomic mass is 9.99. The third-order valence-electron chi connectivity index (χ3n) is 2.18. The van der Waals surface area contributed by atoms with Crippen LogP contribution >= 0.6 is 0 Å². The van der Waals surface area contributed by atoms with Crippen LogP contribution in [0.3, 0.4) is 0 Å². The van der Waals surface area contributed by atoms with Crippen LogP contribution < -0.4 is 0 Å². The quantitative estimate of drug-likeness (QED) is 0.389. The number of ether oxygens (including phenoxy) is 2. The molecule has 86 valence electrons. The minimum atomic E-state index is -1.43. The van der Waals surface area contributed by atoms with E-state index in [1.54, 1.807) is 0 Å². The summed E-state index contributed by atoms with van der Waals surface area (Å²) < 4.78 is 9.91. The van der Waals surface area contributed by atoms with E-state index in [4.69, 9.17) is 21.0 Å². The summed E-state index contributed by atoms with van der Waals surface area (Å²) in [6, 6.07) is 0. The molecule has 0 aromatic heterocycles. The van der Waals surface area contributed by atoms with Crippen molar-refractivity contribution in [3.63, 3.8) is 0 Å². The molecule has 1 saturated heterocycles. The van der Waals surface area contributed by atoms with Crippen molar-refractivity contribution < 1.29 is 29.9 Å². The predicted molar refractivity (Wildman–Crippen MR) is 48.6 cm³/mol. The van der Waals surface area contributed by atoms with Gasteiger partial charge in [-0.3, -0.25) is 0 Å². The molecule has 1 heterocycles. The average molecular weight is 218 g/mol. The van der Waals surface area contributed by atoms with Gasteiger partial charge in [-0.05, 0) is 0 Å². The Kier molecular flexibility index (Phi) is 4.47. The fourth-order valence-electron chi connectivity index (χ4n) is 1.34. The Labute approximate surface area is 87.1 Å². The zero-order valence-corrected chi connectivity index (χ0v) is 7.98. The Morgan fingerprint density at radius 2 is 1.87 bits per heavy atom. The van der Waals surface area contributed by atoms with E-state index in [-0.39, 0.29) is 6.61 Å². The van der Waals surface area contributed by atoms with Gasteiger partial charge in [0.25, 0.3) is 0 Å². The molecule has 0 aromatic carbocycles. The van der Waals surface area contributed by atoms with Gasteiger partial charge >= 0.3 is 0 Å². The van der Waals surface area contributed by atoms with E-state index in [2.05, 4.69) is 5.92 Å². The highest BCUT2D eigenvalue weighted by Gasteiger charge is 2.43. The average Bonchev–Trinajstić information content (AvgIpc) is 2.25. The maximum Gasteiger partial charge on any atom is 0.187 e. The van der Waals surface area contributed by atoms with Crippen molar-refractivity contribution >= 4 is 0 Å².